The number of rotatable bonds is 4. The Labute approximate surface area is 118 Å². The summed E-state index contributed by atoms with van der Waals surface area (Å²) in [5, 5.41) is 8.69. The van der Waals surface area contributed by atoms with E-state index >= 15 is 0 Å². The lowest BCUT2D eigenvalue weighted by Gasteiger charge is -2.09. The predicted molar refractivity (Wildman–Crippen MR) is 68.4 cm³/mol. The van der Waals surface area contributed by atoms with Crippen molar-refractivity contribution in [2.75, 3.05) is 4.72 Å². The zero-order valence-corrected chi connectivity index (χ0v) is 11.1. The molecule has 0 amide bonds. The first-order valence-electron chi connectivity index (χ1n) is 5.46. The second-order valence-electron chi connectivity index (χ2n) is 3.94. The summed E-state index contributed by atoms with van der Waals surface area (Å²) in [6, 6.07) is 3.39. The molecule has 2 N–H and O–H groups in total. The number of carboxylic acids is 1. The van der Waals surface area contributed by atoms with Crippen molar-refractivity contribution in [2.24, 2.45) is 0 Å². The number of hydrogen-bond donors (Lipinski definition) is 2. The normalized spacial score (nSPS) is 11.1. The first-order valence-corrected chi connectivity index (χ1v) is 6.94. The van der Waals surface area contributed by atoms with Gasteiger partial charge in [0.25, 0.3) is 10.0 Å². The van der Waals surface area contributed by atoms with Crippen LogP contribution in [0.5, 0.6) is 0 Å². The zero-order valence-electron chi connectivity index (χ0n) is 10.2. The number of halogens is 2. The van der Waals surface area contributed by atoms with Gasteiger partial charge in [-0.2, -0.15) is 0 Å². The van der Waals surface area contributed by atoms with Gasteiger partial charge < -0.3 is 5.11 Å². The van der Waals surface area contributed by atoms with E-state index < -0.39 is 38.2 Å². The zero-order chi connectivity index (χ0) is 15.6. The molecule has 0 aliphatic carbocycles. The van der Waals surface area contributed by atoms with Crippen LogP contribution in [0.3, 0.4) is 0 Å². The average Bonchev–Trinajstić information content (AvgIpc) is 2.40. The Kier molecular flexibility index (Phi) is 3.85. The van der Waals surface area contributed by atoms with Crippen molar-refractivity contribution < 1.29 is 27.1 Å². The quantitative estimate of drug-likeness (QED) is 0.898. The van der Waals surface area contributed by atoms with Gasteiger partial charge in [0, 0.05) is 6.20 Å². The second-order valence-corrected chi connectivity index (χ2v) is 5.63. The number of aromatic nitrogens is 1. The van der Waals surface area contributed by atoms with Gasteiger partial charge in [0.15, 0.2) is 0 Å². The van der Waals surface area contributed by atoms with Gasteiger partial charge in [0.05, 0.1) is 17.4 Å². The maximum absolute atomic E-state index is 13.7. The second kappa shape index (κ2) is 5.44. The molecule has 0 aliphatic heterocycles. The van der Waals surface area contributed by atoms with E-state index in [-0.39, 0.29) is 5.56 Å². The number of pyridine rings is 1. The van der Waals surface area contributed by atoms with Crippen molar-refractivity contribution in [1.29, 1.82) is 0 Å². The number of benzene rings is 1. The summed E-state index contributed by atoms with van der Waals surface area (Å²) in [7, 11) is -4.23. The lowest BCUT2D eigenvalue weighted by molar-refractivity contribution is 0.0696. The molecule has 0 bridgehead atoms. The Morgan fingerprint density at radius 1 is 1.19 bits per heavy atom. The van der Waals surface area contributed by atoms with E-state index in [2.05, 4.69) is 4.98 Å². The molecule has 1 aromatic heterocycles. The molecule has 0 spiro atoms. The first kappa shape index (κ1) is 14.9. The fourth-order valence-corrected chi connectivity index (χ4v) is 2.51. The topological polar surface area (TPSA) is 96.4 Å². The summed E-state index contributed by atoms with van der Waals surface area (Å²) in [5.74, 6) is -3.28. The van der Waals surface area contributed by atoms with Crippen LogP contribution in [0.4, 0.5) is 14.5 Å². The smallest absolute Gasteiger partial charge is 0.335 e. The summed E-state index contributed by atoms with van der Waals surface area (Å²) >= 11 is 0. The highest BCUT2D eigenvalue weighted by molar-refractivity contribution is 7.92. The molecule has 1 aromatic carbocycles. The van der Waals surface area contributed by atoms with E-state index in [9.17, 15) is 22.0 Å². The van der Waals surface area contributed by atoms with Crippen LogP contribution in [0, 0.1) is 11.6 Å². The van der Waals surface area contributed by atoms with Crippen molar-refractivity contribution in [1.82, 2.24) is 4.98 Å². The monoisotopic (exact) mass is 314 g/mol. The molecule has 6 nitrogen and oxygen atoms in total. The fourth-order valence-electron chi connectivity index (χ4n) is 1.47. The number of carboxylic acid groups (broad SMARTS) is 1. The molecule has 0 atom stereocenters. The minimum atomic E-state index is -4.23. The molecule has 0 aliphatic rings. The summed E-state index contributed by atoms with van der Waals surface area (Å²) in [5.41, 5.74) is -0.785. The van der Waals surface area contributed by atoms with Gasteiger partial charge in [-0.25, -0.2) is 22.0 Å². The Morgan fingerprint density at radius 2 is 1.90 bits per heavy atom. The molecule has 0 unspecified atom stereocenters. The van der Waals surface area contributed by atoms with Crippen LogP contribution in [0.1, 0.15) is 10.4 Å². The summed E-state index contributed by atoms with van der Waals surface area (Å²) in [6.45, 7) is 0. The summed E-state index contributed by atoms with van der Waals surface area (Å²) in [4.78, 5) is 13.6. The SMILES string of the molecule is O=C(O)c1ccc(NS(=O)(=O)c2cncc(F)c2)c(F)c1. The summed E-state index contributed by atoms with van der Waals surface area (Å²) < 4.78 is 52.4. The molecular weight excluding hydrogens is 306 g/mol. The number of nitrogens with one attached hydrogen (secondary N) is 1. The van der Waals surface area contributed by atoms with E-state index in [0.717, 1.165) is 30.6 Å². The molecule has 0 fully saturated rings. The molecule has 110 valence electrons. The van der Waals surface area contributed by atoms with Crippen LogP contribution >= 0.6 is 0 Å². The van der Waals surface area contributed by atoms with Crippen LogP contribution in [0.2, 0.25) is 0 Å². The van der Waals surface area contributed by atoms with E-state index in [1.807, 2.05) is 4.72 Å². The van der Waals surface area contributed by atoms with Gasteiger partial charge in [0.1, 0.15) is 16.5 Å². The van der Waals surface area contributed by atoms with Crippen molar-refractivity contribution in [3.8, 4) is 0 Å². The third kappa shape index (κ3) is 3.31. The predicted octanol–water partition coefficient (Wildman–Crippen LogP) is 1.86. The molecule has 21 heavy (non-hydrogen) atoms. The fraction of sp³-hybridized carbons (Fsp3) is 0. The van der Waals surface area contributed by atoms with Gasteiger partial charge in [-0.05, 0) is 24.3 Å². The third-order valence-corrected chi connectivity index (χ3v) is 3.78. The highest BCUT2D eigenvalue weighted by atomic mass is 32.2. The Bertz CT molecular complexity index is 809. The summed E-state index contributed by atoms with van der Waals surface area (Å²) in [6.07, 6.45) is 1.72. The van der Waals surface area contributed by atoms with E-state index in [1.165, 1.54) is 0 Å². The van der Waals surface area contributed by atoms with Gasteiger partial charge in [-0.1, -0.05) is 0 Å². The first-order chi connectivity index (χ1) is 9.79. The third-order valence-electron chi connectivity index (χ3n) is 2.45. The van der Waals surface area contributed by atoms with Crippen LogP contribution in [-0.4, -0.2) is 24.5 Å². The molecule has 2 rings (SSSR count). The number of anilines is 1. The minimum absolute atomic E-state index is 0.331. The Balaban J connectivity index is 2.35. The van der Waals surface area contributed by atoms with Gasteiger partial charge in [-0.3, -0.25) is 9.71 Å². The van der Waals surface area contributed by atoms with Gasteiger partial charge in [-0.15, -0.1) is 0 Å². The van der Waals surface area contributed by atoms with Crippen molar-refractivity contribution in [2.45, 2.75) is 4.90 Å². The molecule has 2 aromatic rings. The largest absolute Gasteiger partial charge is 0.478 e. The molecule has 0 radical (unpaired) electrons. The Hall–Kier alpha value is -2.55. The van der Waals surface area contributed by atoms with Gasteiger partial charge in [0.2, 0.25) is 0 Å². The maximum Gasteiger partial charge on any atom is 0.335 e. The number of sulfonamides is 1. The number of aromatic carboxylic acids is 1. The standard InChI is InChI=1S/C12H8F2N2O4S/c13-8-4-9(6-15-5-8)21(19,20)16-11-2-1-7(12(17)18)3-10(11)14/h1-6,16H,(H,17,18). The van der Waals surface area contributed by atoms with E-state index in [0.29, 0.717) is 6.07 Å². The molecule has 0 saturated carbocycles. The van der Waals surface area contributed by atoms with Gasteiger partial charge >= 0.3 is 5.97 Å². The van der Waals surface area contributed by atoms with Crippen molar-refractivity contribution >= 4 is 21.7 Å². The number of hydrogen-bond acceptors (Lipinski definition) is 4. The lowest BCUT2D eigenvalue weighted by atomic mass is 10.2. The van der Waals surface area contributed by atoms with E-state index in [4.69, 9.17) is 5.11 Å². The molecule has 9 heteroatoms. The Morgan fingerprint density at radius 3 is 2.48 bits per heavy atom. The average molecular weight is 314 g/mol. The van der Waals surface area contributed by atoms with Crippen molar-refractivity contribution in [3.05, 3.63) is 53.9 Å². The van der Waals surface area contributed by atoms with Crippen LogP contribution in [-0.2, 0) is 10.0 Å². The minimum Gasteiger partial charge on any atom is -0.478 e. The van der Waals surface area contributed by atoms with E-state index in [1.54, 1.807) is 0 Å². The van der Waals surface area contributed by atoms with Crippen LogP contribution < -0.4 is 4.72 Å². The highest BCUT2D eigenvalue weighted by Gasteiger charge is 2.18. The number of carbonyl (C=O) groups is 1. The molecular formula is C12H8F2N2O4S. The van der Waals surface area contributed by atoms with Crippen LogP contribution in [0.15, 0.2) is 41.6 Å². The maximum atomic E-state index is 13.7. The highest BCUT2D eigenvalue weighted by Crippen LogP contribution is 2.20. The molecule has 1 heterocycles. The molecule has 0 saturated heterocycles. The lowest BCUT2D eigenvalue weighted by Crippen LogP contribution is -2.15. The number of nitrogens with zero attached hydrogens (tertiary/aromatic N) is 1. The van der Waals surface area contributed by atoms with Crippen LogP contribution in [0.25, 0.3) is 0 Å². The van der Waals surface area contributed by atoms with Crippen molar-refractivity contribution in [3.63, 3.8) is 0 Å².